The first-order valence-electron chi connectivity index (χ1n) is 6.69. The number of aliphatic hydroxyl groups excluding tert-OH is 1. The topological polar surface area (TPSA) is 57.6 Å². The van der Waals surface area contributed by atoms with Gasteiger partial charge < -0.3 is 5.11 Å². The van der Waals surface area contributed by atoms with Gasteiger partial charge in [0.15, 0.2) is 0 Å². The Balaban J connectivity index is 2.49. The van der Waals surface area contributed by atoms with E-state index in [0.717, 1.165) is 22.5 Å². The Labute approximate surface area is 129 Å². The lowest BCUT2D eigenvalue weighted by atomic mass is 10.2. The van der Waals surface area contributed by atoms with Crippen LogP contribution in [0.2, 0.25) is 0 Å². The van der Waals surface area contributed by atoms with Crippen LogP contribution < -0.4 is 4.31 Å². The summed E-state index contributed by atoms with van der Waals surface area (Å²) in [6.45, 7) is 5.78. The van der Waals surface area contributed by atoms with Crippen molar-refractivity contribution in [2.24, 2.45) is 0 Å². The van der Waals surface area contributed by atoms with E-state index >= 15 is 0 Å². The number of nitrogens with zero attached hydrogens (tertiary/aromatic N) is 1. The summed E-state index contributed by atoms with van der Waals surface area (Å²) in [7, 11) is -3.59. The molecule has 21 heavy (non-hydrogen) atoms. The Bertz CT molecular complexity index is 735. The maximum Gasteiger partial charge on any atom is 0.273 e. The van der Waals surface area contributed by atoms with Crippen molar-refractivity contribution in [3.05, 3.63) is 46.3 Å². The number of aryl methyl sites for hydroxylation is 2. The first kappa shape index (κ1) is 16.0. The molecule has 0 amide bonds. The molecular formula is C15H19NO3S2. The van der Waals surface area contributed by atoms with Crippen LogP contribution in [0, 0.1) is 13.8 Å². The average Bonchev–Trinajstić information content (AvgIpc) is 2.81. The molecule has 2 rings (SSSR count). The van der Waals surface area contributed by atoms with Gasteiger partial charge in [-0.05, 0) is 50.1 Å². The highest BCUT2D eigenvalue weighted by Gasteiger charge is 2.26. The van der Waals surface area contributed by atoms with Gasteiger partial charge in [0, 0.05) is 11.4 Å². The van der Waals surface area contributed by atoms with Crippen LogP contribution in [-0.4, -0.2) is 20.1 Å². The number of hydrogen-bond acceptors (Lipinski definition) is 4. The molecule has 0 aliphatic carbocycles. The molecule has 0 bridgehead atoms. The second-order valence-corrected chi connectivity index (χ2v) is 8.06. The van der Waals surface area contributed by atoms with Gasteiger partial charge in [-0.3, -0.25) is 4.31 Å². The van der Waals surface area contributed by atoms with Crippen molar-refractivity contribution in [2.45, 2.75) is 31.6 Å². The summed E-state index contributed by atoms with van der Waals surface area (Å²) in [6, 6.07) is 9.06. The quantitative estimate of drug-likeness (QED) is 0.919. The highest BCUT2D eigenvalue weighted by atomic mass is 32.2. The van der Waals surface area contributed by atoms with E-state index in [9.17, 15) is 13.5 Å². The third kappa shape index (κ3) is 3.12. The fourth-order valence-electron chi connectivity index (χ4n) is 2.16. The molecule has 1 aromatic carbocycles. The minimum atomic E-state index is -3.59. The molecule has 0 aliphatic heterocycles. The zero-order valence-electron chi connectivity index (χ0n) is 12.3. The molecule has 0 unspecified atom stereocenters. The van der Waals surface area contributed by atoms with Crippen molar-refractivity contribution < 1.29 is 13.5 Å². The Kier molecular flexibility index (Phi) is 4.70. The van der Waals surface area contributed by atoms with E-state index in [0.29, 0.717) is 17.1 Å². The maximum absolute atomic E-state index is 12.8. The highest BCUT2D eigenvalue weighted by molar-refractivity contribution is 7.94. The van der Waals surface area contributed by atoms with Gasteiger partial charge in [0.25, 0.3) is 10.0 Å². The minimum Gasteiger partial charge on any atom is -0.391 e. The fourth-order valence-corrected chi connectivity index (χ4v) is 5.19. The SMILES string of the molecule is CCN(c1cccc(C)c1)S(=O)(=O)c1cc(C)c(CO)s1. The summed E-state index contributed by atoms with van der Waals surface area (Å²) in [6.07, 6.45) is 0. The van der Waals surface area contributed by atoms with Gasteiger partial charge in [-0.15, -0.1) is 11.3 Å². The lowest BCUT2D eigenvalue weighted by Crippen LogP contribution is -2.30. The molecule has 0 aliphatic rings. The Morgan fingerprint density at radius 2 is 1.95 bits per heavy atom. The summed E-state index contributed by atoms with van der Waals surface area (Å²) >= 11 is 1.13. The van der Waals surface area contributed by atoms with Gasteiger partial charge in [-0.25, -0.2) is 8.42 Å². The van der Waals surface area contributed by atoms with Crippen LogP contribution in [0.25, 0.3) is 0 Å². The molecule has 0 radical (unpaired) electrons. The monoisotopic (exact) mass is 325 g/mol. The van der Waals surface area contributed by atoms with Gasteiger partial charge in [0.2, 0.25) is 0 Å². The third-order valence-electron chi connectivity index (χ3n) is 3.26. The molecule has 2 aromatic rings. The number of sulfonamides is 1. The molecule has 4 nitrogen and oxygen atoms in total. The first-order chi connectivity index (χ1) is 9.90. The zero-order valence-corrected chi connectivity index (χ0v) is 14.0. The van der Waals surface area contributed by atoms with Gasteiger partial charge in [-0.2, -0.15) is 0 Å². The molecule has 1 heterocycles. The number of aliphatic hydroxyl groups is 1. The van der Waals surface area contributed by atoms with E-state index in [2.05, 4.69) is 0 Å². The molecule has 1 aromatic heterocycles. The molecule has 0 fully saturated rings. The number of benzene rings is 1. The van der Waals surface area contributed by atoms with Gasteiger partial charge in [0.1, 0.15) is 4.21 Å². The average molecular weight is 325 g/mol. The predicted molar refractivity (Wildman–Crippen MR) is 86.4 cm³/mol. The molecular weight excluding hydrogens is 306 g/mol. The van der Waals surface area contributed by atoms with Crippen molar-refractivity contribution in [3.63, 3.8) is 0 Å². The third-order valence-corrected chi connectivity index (χ3v) is 6.84. The van der Waals surface area contributed by atoms with Crippen molar-refractivity contribution in [3.8, 4) is 0 Å². The lowest BCUT2D eigenvalue weighted by molar-refractivity contribution is 0.285. The van der Waals surface area contributed by atoms with Crippen molar-refractivity contribution >= 4 is 27.0 Å². The van der Waals surface area contributed by atoms with E-state index in [1.54, 1.807) is 12.1 Å². The predicted octanol–water partition coefficient (Wildman–Crippen LogP) is 3.07. The molecule has 0 saturated heterocycles. The molecule has 0 saturated carbocycles. The van der Waals surface area contributed by atoms with E-state index in [1.807, 2.05) is 39.0 Å². The zero-order chi connectivity index (χ0) is 15.6. The summed E-state index contributed by atoms with van der Waals surface area (Å²) in [4.78, 5) is 0.689. The van der Waals surface area contributed by atoms with E-state index < -0.39 is 10.0 Å². The number of anilines is 1. The number of rotatable bonds is 5. The molecule has 6 heteroatoms. The second kappa shape index (κ2) is 6.17. The van der Waals surface area contributed by atoms with E-state index in [1.165, 1.54) is 4.31 Å². The van der Waals surface area contributed by atoms with Crippen molar-refractivity contribution in [1.29, 1.82) is 0 Å². The standard InChI is InChI=1S/C15H19NO3S2/c1-4-16(13-7-5-6-11(2)8-13)21(18,19)15-9-12(3)14(10-17)20-15/h5-9,17H,4,10H2,1-3H3. The van der Waals surface area contributed by atoms with Crippen LogP contribution in [0.15, 0.2) is 34.5 Å². The van der Waals surface area contributed by atoms with Crippen LogP contribution in [0.4, 0.5) is 5.69 Å². The summed E-state index contributed by atoms with van der Waals surface area (Å²) in [5.74, 6) is 0. The summed E-state index contributed by atoms with van der Waals surface area (Å²) < 4.78 is 27.3. The van der Waals surface area contributed by atoms with Crippen molar-refractivity contribution in [1.82, 2.24) is 0 Å². The molecule has 114 valence electrons. The molecule has 0 spiro atoms. The highest BCUT2D eigenvalue weighted by Crippen LogP contribution is 2.31. The van der Waals surface area contributed by atoms with Crippen LogP contribution in [0.1, 0.15) is 22.9 Å². The van der Waals surface area contributed by atoms with Gasteiger partial charge in [0.05, 0.1) is 12.3 Å². The molecule has 1 N–H and O–H groups in total. The summed E-state index contributed by atoms with van der Waals surface area (Å²) in [5.41, 5.74) is 2.48. The number of thiophene rings is 1. The van der Waals surface area contributed by atoms with E-state index in [4.69, 9.17) is 0 Å². The van der Waals surface area contributed by atoms with E-state index in [-0.39, 0.29) is 10.8 Å². The Hall–Kier alpha value is -1.37. The minimum absolute atomic E-state index is 0.136. The maximum atomic E-state index is 12.8. The molecule has 0 atom stereocenters. The fraction of sp³-hybridized carbons (Fsp3) is 0.333. The van der Waals surface area contributed by atoms with Crippen LogP contribution in [0.5, 0.6) is 0 Å². The Morgan fingerprint density at radius 1 is 1.24 bits per heavy atom. The Morgan fingerprint density at radius 3 is 2.48 bits per heavy atom. The lowest BCUT2D eigenvalue weighted by Gasteiger charge is -2.22. The summed E-state index contributed by atoms with van der Waals surface area (Å²) in [5, 5.41) is 9.25. The normalized spacial score (nSPS) is 11.6. The smallest absolute Gasteiger partial charge is 0.273 e. The van der Waals surface area contributed by atoms with Gasteiger partial charge >= 0.3 is 0 Å². The van der Waals surface area contributed by atoms with Crippen LogP contribution >= 0.6 is 11.3 Å². The first-order valence-corrected chi connectivity index (χ1v) is 8.95. The van der Waals surface area contributed by atoms with Crippen LogP contribution in [0.3, 0.4) is 0 Å². The largest absolute Gasteiger partial charge is 0.391 e. The number of hydrogen-bond donors (Lipinski definition) is 1. The second-order valence-electron chi connectivity index (χ2n) is 4.84. The van der Waals surface area contributed by atoms with Gasteiger partial charge in [-0.1, -0.05) is 12.1 Å². The van der Waals surface area contributed by atoms with Crippen LogP contribution in [-0.2, 0) is 16.6 Å². The van der Waals surface area contributed by atoms with Crippen molar-refractivity contribution in [2.75, 3.05) is 10.8 Å².